The summed E-state index contributed by atoms with van der Waals surface area (Å²) in [6, 6.07) is 0.963. The van der Waals surface area contributed by atoms with Gasteiger partial charge in [-0.1, -0.05) is 39.5 Å². The second-order valence-electron chi connectivity index (χ2n) is 4.94. The smallest absolute Gasteiger partial charge is 0.374 e. The normalized spacial score (nSPS) is 13.7. The Labute approximate surface area is 121 Å². The van der Waals surface area contributed by atoms with E-state index < -0.39 is 8.80 Å². The molecule has 3 nitrogen and oxygen atoms in total. The zero-order valence-corrected chi connectivity index (χ0v) is 14.7. The Morgan fingerprint density at radius 1 is 0.789 bits per heavy atom. The summed E-state index contributed by atoms with van der Waals surface area (Å²) >= 11 is 0. The van der Waals surface area contributed by atoms with Crippen molar-refractivity contribution >= 4 is 8.80 Å². The van der Waals surface area contributed by atoms with Crippen molar-refractivity contribution in [1.29, 1.82) is 0 Å². The lowest BCUT2D eigenvalue weighted by Gasteiger charge is -2.29. The Bertz CT molecular complexity index is 183. The molecule has 19 heavy (non-hydrogen) atoms. The Kier molecular flexibility index (Phi) is 11.9. The topological polar surface area (TPSA) is 27.7 Å². The average Bonchev–Trinajstić information content (AvgIpc) is 2.40. The highest BCUT2D eigenvalue weighted by Crippen LogP contribution is 2.25. The lowest BCUT2D eigenvalue weighted by Crippen LogP contribution is -2.46. The van der Waals surface area contributed by atoms with E-state index in [1.165, 1.54) is 32.1 Å². The van der Waals surface area contributed by atoms with Gasteiger partial charge in [0.05, 0.1) is 0 Å². The highest BCUT2D eigenvalue weighted by atomic mass is 28.4. The first kappa shape index (κ1) is 19.1. The van der Waals surface area contributed by atoms with Gasteiger partial charge in [0, 0.05) is 25.9 Å². The number of hydrogen-bond donors (Lipinski definition) is 0. The van der Waals surface area contributed by atoms with Gasteiger partial charge >= 0.3 is 8.80 Å². The molecule has 0 spiro atoms. The van der Waals surface area contributed by atoms with E-state index in [9.17, 15) is 0 Å². The molecule has 4 heteroatoms. The van der Waals surface area contributed by atoms with E-state index in [1.807, 2.05) is 20.8 Å². The van der Waals surface area contributed by atoms with E-state index in [2.05, 4.69) is 13.8 Å². The third-order valence-corrected chi connectivity index (χ3v) is 6.58. The molecule has 0 rings (SSSR count). The van der Waals surface area contributed by atoms with Gasteiger partial charge in [0.25, 0.3) is 0 Å². The molecule has 0 aliphatic carbocycles. The second-order valence-corrected chi connectivity index (χ2v) is 7.67. The van der Waals surface area contributed by atoms with Crippen LogP contribution >= 0.6 is 0 Å². The van der Waals surface area contributed by atoms with E-state index in [-0.39, 0.29) is 0 Å². The van der Waals surface area contributed by atoms with E-state index >= 15 is 0 Å². The predicted molar refractivity (Wildman–Crippen MR) is 83.4 cm³/mol. The fourth-order valence-corrected chi connectivity index (χ4v) is 5.19. The molecule has 0 aromatic heterocycles. The first-order chi connectivity index (χ1) is 9.17. The lowest BCUT2D eigenvalue weighted by molar-refractivity contribution is 0.0693. The number of rotatable bonds is 13. The Morgan fingerprint density at radius 3 is 1.68 bits per heavy atom. The molecule has 0 aromatic carbocycles. The zero-order chi connectivity index (χ0) is 14.6. The van der Waals surface area contributed by atoms with Gasteiger partial charge in [0.15, 0.2) is 0 Å². The minimum Gasteiger partial charge on any atom is -0.374 e. The summed E-state index contributed by atoms with van der Waals surface area (Å²) in [6.07, 6.45) is 6.34. The summed E-state index contributed by atoms with van der Waals surface area (Å²) in [5, 5.41) is 0. The van der Waals surface area contributed by atoms with Crippen LogP contribution < -0.4 is 0 Å². The van der Waals surface area contributed by atoms with E-state index in [1.54, 1.807) is 0 Å². The van der Waals surface area contributed by atoms with Crippen LogP contribution in [0.1, 0.15) is 66.7 Å². The van der Waals surface area contributed by atoms with Gasteiger partial charge in [0.1, 0.15) is 0 Å². The Hall–Kier alpha value is 0.0969. The monoisotopic (exact) mass is 290 g/mol. The van der Waals surface area contributed by atoms with Crippen LogP contribution in [-0.4, -0.2) is 28.6 Å². The summed E-state index contributed by atoms with van der Waals surface area (Å²) in [6.45, 7) is 12.6. The van der Waals surface area contributed by atoms with Crippen molar-refractivity contribution in [3.05, 3.63) is 0 Å². The van der Waals surface area contributed by atoms with Crippen LogP contribution in [0.25, 0.3) is 0 Å². The van der Waals surface area contributed by atoms with Crippen molar-refractivity contribution in [1.82, 2.24) is 0 Å². The maximum absolute atomic E-state index is 5.90. The third kappa shape index (κ3) is 8.08. The van der Waals surface area contributed by atoms with Crippen LogP contribution in [0.4, 0.5) is 0 Å². The summed E-state index contributed by atoms with van der Waals surface area (Å²) in [4.78, 5) is 0. The molecule has 116 valence electrons. The van der Waals surface area contributed by atoms with Crippen molar-refractivity contribution in [3.8, 4) is 0 Å². The second kappa shape index (κ2) is 11.9. The minimum absolute atomic E-state index is 0.679. The lowest BCUT2D eigenvalue weighted by atomic mass is 9.97. The first-order valence-corrected chi connectivity index (χ1v) is 10.0. The van der Waals surface area contributed by atoms with Crippen molar-refractivity contribution in [2.45, 2.75) is 72.8 Å². The Balaban J connectivity index is 4.42. The van der Waals surface area contributed by atoms with Crippen LogP contribution in [0.15, 0.2) is 0 Å². The van der Waals surface area contributed by atoms with Crippen molar-refractivity contribution in [3.63, 3.8) is 0 Å². The van der Waals surface area contributed by atoms with Crippen molar-refractivity contribution in [2.24, 2.45) is 5.92 Å². The molecular weight excluding hydrogens is 256 g/mol. The quantitative estimate of drug-likeness (QED) is 0.462. The van der Waals surface area contributed by atoms with E-state index in [4.69, 9.17) is 13.3 Å². The summed E-state index contributed by atoms with van der Waals surface area (Å²) in [7, 11) is -2.41. The molecule has 0 aliphatic rings. The molecule has 0 fully saturated rings. The van der Waals surface area contributed by atoms with E-state index in [0.29, 0.717) is 19.8 Å². The van der Waals surface area contributed by atoms with Crippen LogP contribution in [0, 0.1) is 5.92 Å². The van der Waals surface area contributed by atoms with Crippen molar-refractivity contribution < 1.29 is 13.3 Å². The van der Waals surface area contributed by atoms with Crippen molar-refractivity contribution in [2.75, 3.05) is 19.8 Å². The van der Waals surface area contributed by atoms with E-state index in [0.717, 1.165) is 12.0 Å². The van der Waals surface area contributed by atoms with Crippen LogP contribution in [0.5, 0.6) is 0 Å². The highest BCUT2D eigenvalue weighted by molar-refractivity contribution is 6.60. The van der Waals surface area contributed by atoms with Gasteiger partial charge in [-0.3, -0.25) is 0 Å². The van der Waals surface area contributed by atoms with Gasteiger partial charge < -0.3 is 13.3 Å². The Morgan fingerprint density at radius 2 is 1.32 bits per heavy atom. The summed E-state index contributed by atoms with van der Waals surface area (Å²) < 4.78 is 17.7. The molecule has 0 N–H and O–H groups in total. The molecule has 0 amide bonds. The zero-order valence-electron chi connectivity index (χ0n) is 13.7. The summed E-state index contributed by atoms with van der Waals surface area (Å²) in [5.74, 6) is 0.785. The molecule has 0 saturated carbocycles. The largest absolute Gasteiger partial charge is 0.500 e. The van der Waals surface area contributed by atoms with Gasteiger partial charge in [-0.05, 0) is 33.1 Å². The molecule has 0 radical (unpaired) electrons. The van der Waals surface area contributed by atoms with Gasteiger partial charge in [0.2, 0.25) is 0 Å². The molecule has 0 aromatic rings. The van der Waals surface area contributed by atoms with Crippen LogP contribution in [0.3, 0.4) is 0 Å². The molecular formula is C15H34O3Si. The first-order valence-electron chi connectivity index (χ1n) is 8.09. The average molecular weight is 291 g/mol. The molecule has 1 unspecified atom stereocenters. The number of hydrogen-bond acceptors (Lipinski definition) is 3. The van der Waals surface area contributed by atoms with Gasteiger partial charge in [-0.2, -0.15) is 0 Å². The fraction of sp³-hybridized carbons (Fsp3) is 1.00. The third-order valence-electron chi connectivity index (χ3n) is 3.49. The fourth-order valence-electron chi connectivity index (χ4n) is 2.43. The molecule has 0 aliphatic heterocycles. The SMILES string of the molecule is CCCCC(CC)CC[Si](OCC)(OCC)OCC. The standard InChI is InChI=1S/C15H34O3Si/c1-6-11-12-15(7-2)13-14-19(16-8-3,17-9-4)18-10-5/h15H,6-14H2,1-5H3. The molecule has 0 heterocycles. The molecule has 0 bridgehead atoms. The minimum atomic E-state index is -2.41. The maximum Gasteiger partial charge on any atom is 0.500 e. The van der Waals surface area contributed by atoms with Gasteiger partial charge in [-0.25, -0.2) is 0 Å². The molecule has 0 saturated heterocycles. The molecule has 1 atom stereocenters. The predicted octanol–water partition coefficient (Wildman–Crippen LogP) is 4.64. The maximum atomic E-state index is 5.90. The van der Waals surface area contributed by atoms with Gasteiger partial charge in [-0.15, -0.1) is 0 Å². The summed E-state index contributed by atoms with van der Waals surface area (Å²) in [5.41, 5.74) is 0. The van der Waals surface area contributed by atoms with Crippen LogP contribution in [0.2, 0.25) is 6.04 Å². The highest BCUT2D eigenvalue weighted by Gasteiger charge is 2.40. The van der Waals surface area contributed by atoms with Crippen LogP contribution in [-0.2, 0) is 13.3 Å². The number of unbranched alkanes of at least 4 members (excludes halogenated alkanes) is 1.